The second-order valence-electron chi connectivity index (χ2n) is 7.22. The highest BCUT2D eigenvalue weighted by molar-refractivity contribution is 7.89. The molecule has 9 heteroatoms. The molecule has 2 amide bonds. The van der Waals surface area contributed by atoms with Crippen molar-refractivity contribution in [1.29, 1.82) is 0 Å². The smallest absolute Gasteiger partial charge is 0.286 e. The van der Waals surface area contributed by atoms with E-state index in [-0.39, 0.29) is 28.9 Å². The van der Waals surface area contributed by atoms with Gasteiger partial charge in [-0.15, -0.1) is 0 Å². The van der Waals surface area contributed by atoms with E-state index in [1.165, 1.54) is 10.6 Å². The van der Waals surface area contributed by atoms with Crippen LogP contribution in [0.3, 0.4) is 0 Å². The summed E-state index contributed by atoms with van der Waals surface area (Å²) in [6.45, 7) is 1.84. The van der Waals surface area contributed by atoms with E-state index in [9.17, 15) is 18.0 Å². The van der Waals surface area contributed by atoms with E-state index in [1.54, 1.807) is 36.4 Å². The summed E-state index contributed by atoms with van der Waals surface area (Å²) in [7, 11) is -3.44. The Kier molecular flexibility index (Phi) is 7.64. The lowest BCUT2D eigenvalue weighted by Crippen LogP contribution is -2.35. The van der Waals surface area contributed by atoms with Gasteiger partial charge in [0.05, 0.1) is 11.2 Å². The average Bonchev–Trinajstić information content (AvgIpc) is 3.31. The fourth-order valence-corrected chi connectivity index (χ4v) is 4.79. The maximum atomic E-state index is 12.7. The van der Waals surface area contributed by atoms with Gasteiger partial charge in [-0.2, -0.15) is 4.31 Å². The second kappa shape index (κ2) is 10.4. The molecule has 0 unspecified atom stereocenters. The number of nitrogens with one attached hydrogen (secondary N) is 2. The molecule has 162 valence electrons. The van der Waals surface area contributed by atoms with Crippen molar-refractivity contribution in [2.45, 2.75) is 43.5 Å². The zero-order valence-corrected chi connectivity index (χ0v) is 17.6. The van der Waals surface area contributed by atoms with Crippen molar-refractivity contribution in [2.24, 2.45) is 0 Å². The molecule has 2 aromatic rings. The molecule has 1 fully saturated rings. The fourth-order valence-electron chi connectivity index (χ4n) is 3.27. The highest BCUT2D eigenvalue weighted by Gasteiger charge is 2.25. The minimum Gasteiger partial charge on any atom is -0.459 e. The predicted octanol–water partition coefficient (Wildman–Crippen LogP) is 2.28. The third kappa shape index (κ3) is 5.93. The molecule has 0 aliphatic carbocycles. The number of hydrogen-bond donors (Lipinski definition) is 2. The first-order chi connectivity index (χ1) is 14.5. The first kappa shape index (κ1) is 22.0. The number of sulfonamides is 1. The lowest BCUT2D eigenvalue weighted by atomic mass is 10.2. The summed E-state index contributed by atoms with van der Waals surface area (Å²) >= 11 is 0. The number of carbonyl (C=O) groups excluding carboxylic acids is 2. The van der Waals surface area contributed by atoms with Crippen molar-refractivity contribution in [3.05, 3.63) is 54.0 Å². The van der Waals surface area contributed by atoms with Crippen LogP contribution in [-0.4, -0.2) is 44.2 Å². The Morgan fingerprint density at radius 3 is 2.40 bits per heavy atom. The number of carbonyl (C=O) groups is 2. The van der Waals surface area contributed by atoms with Gasteiger partial charge in [0, 0.05) is 32.6 Å². The Hall–Kier alpha value is -2.65. The van der Waals surface area contributed by atoms with Crippen LogP contribution in [0.25, 0.3) is 0 Å². The van der Waals surface area contributed by atoms with Crippen LogP contribution in [-0.2, 0) is 21.4 Å². The van der Waals surface area contributed by atoms with Gasteiger partial charge < -0.3 is 15.1 Å². The molecule has 1 aromatic carbocycles. The summed E-state index contributed by atoms with van der Waals surface area (Å²) in [5, 5.41) is 5.49. The van der Waals surface area contributed by atoms with E-state index in [4.69, 9.17) is 4.42 Å². The zero-order chi connectivity index (χ0) is 21.4. The largest absolute Gasteiger partial charge is 0.459 e. The molecule has 30 heavy (non-hydrogen) atoms. The fraction of sp³-hybridized carbons (Fsp3) is 0.429. The minimum atomic E-state index is -3.44. The average molecular weight is 434 g/mol. The summed E-state index contributed by atoms with van der Waals surface area (Å²) in [6.07, 6.45) is 5.08. The zero-order valence-electron chi connectivity index (χ0n) is 16.8. The van der Waals surface area contributed by atoms with Crippen LogP contribution in [0.2, 0.25) is 0 Å². The normalized spacial score (nSPS) is 14.9. The van der Waals surface area contributed by atoms with Crippen LogP contribution in [0.1, 0.15) is 48.2 Å². The molecule has 3 rings (SSSR count). The van der Waals surface area contributed by atoms with Gasteiger partial charge in [0.25, 0.3) is 5.91 Å². The van der Waals surface area contributed by atoms with Crippen LogP contribution >= 0.6 is 0 Å². The first-order valence-corrected chi connectivity index (χ1v) is 11.6. The minimum absolute atomic E-state index is 0.132. The van der Waals surface area contributed by atoms with Crippen molar-refractivity contribution in [3.8, 4) is 0 Å². The standard InChI is InChI=1S/C21H27N3O5S/c25-20(7-4-12-22-21(26)19-6-5-15-29-19)23-16-17-8-10-18(11-9-17)30(27,28)24-13-2-1-3-14-24/h5-6,8-11,15H,1-4,7,12-14,16H2,(H,22,26)(H,23,25). The molecule has 0 atom stereocenters. The molecular formula is C21H27N3O5S. The van der Waals surface area contributed by atoms with Crippen molar-refractivity contribution >= 4 is 21.8 Å². The van der Waals surface area contributed by atoms with E-state index in [0.29, 0.717) is 32.6 Å². The molecule has 2 N–H and O–H groups in total. The lowest BCUT2D eigenvalue weighted by Gasteiger charge is -2.25. The molecule has 0 spiro atoms. The number of rotatable bonds is 9. The number of furan rings is 1. The van der Waals surface area contributed by atoms with Crippen molar-refractivity contribution < 1.29 is 22.4 Å². The quantitative estimate of drug-likeness (QED) is 0.590. The van der Waals surface area contributed by atoms with Gasteiger partial charge in [0.1, 0.15) is 0 Å². The SMILES string of the molecule is O=C(CCCNC(=O)c1ccco1)NCc1ccc(S(=O)(=O)N2CCCCC2)cc1. The number of amides is 2. The molecule has 1 aliphatic heterocycles. The Morgan fingerprint density at radius 1 is 1.00 bits per heavy atom. The number of benzene rings is 1. The monoisotopic (exact) mass is 433 g/mol. The highest BCUT2D eigenvalue weighted by Crippen LogP contribution is 2.20. The maximum absolute atomic E-state index is 12.7. The highest BCUT2D eigenvalue weighted by atomic mass is 32.2. The van der Waals surface area contributed by atoms with E-state index in [0.717, 1.165) is 24.8 Å². The van der Waals surface area contributed by atoms with Crippen LogP contribution in [0.4, 0.5) is 0 Å². The summed E-state index contributed by atoms with van der Waals surface area (Å²) in [5.41, 5.74) is 0.826. The van der Waals surface area contributed by atoms with Crippen molar-refractivity contribution in [2.75, 3.05) is 19.6 Å². The van der Waals surface area contributed by atoms with E-state index in [1.807, 2.05) is 0 Å². The molecule has 0 bridgehead atoms. The topological polar surface area (TPSA) is 109 Å². The van der Waals surface area contributed by atoms with Crippen LogP contribution in [0.15, 0.2) is 52.0 Å². The molecular weight excluding hydrogens is 406 g/mol. The summed E-state index contributed by atoms with van der Waals surface area (Å²) in [6, 6.07) is 9.84. The summed E-state index contributed by atoms with van der Waals surface area (Å²) in [5.74, 6) is -0.197. The van der Waals surface area contributed by atoms with Gasteiger partial charge in [0.2, 0.25) is 15.9 Å². The van der Waals surface area contributed by atoms with E-state index >= 15 is 0 Å². The van der Waals surface area contributed by atoms with Crippen LogP contribution in [0.5, 0.6) is 0 Å². The number of hydrogen-bond acceptors (Lipinski definition) is 5. The van der Waals surface area contributed by atoms with Gasteiger partial charge in [-0.05, 0) is 49.1 Å². The van der Waals surface area contributed by atoms with Crippen molar-refractivity contribution in [1.82, 2.24) is 14.9 Å². The van der Waals surface area contributed by atoms with Crippen LogP contribution in [0, 0.1) is 0 Å². The molecule has 1 aromatic heterocycles. The molecule has 0 saturated carbocycles. The molecule has 2 heterocycles. The Bertz CT molecular complexity index is 934. The Morgan fingerprint density at radius 2 is 1.73 bits per heavy atom. The van der Waals surface area contributed by atoms with E-state index < -0.39 is 10.0 Å². The van der Waals surface area contributed by atoms with Gasteiger partial charge in [-0.25, -0.2) is 8.42 Å². The van der Waals surface area contributed by atoms with Crippen LogP contribution < -0.4 is 10.6 Å². The van der Waals surface area contributed by atoms with Gasteiger partial charge >= 0.3 is 0 Å². The Labute approximate surface area is 176 Å². The second-order valence-corrected chi connectivity index (χ2v) is 9.16. The first-order valence-electron chi connectivity index (χ1n) is 10.1. The third-order valence-electron chi connectivity index (χ3n) is 4.98. The maximum Gasteiger partial charge on any atom is 0.286 e. The Balaban J connectivity index is 1.39. The van der Waals surface area contributed by atoms with Crippen molar-refractivity contribution in [3.63, 3.8) is 0 Å². The summed E-state index contributed by atoms with van der Waals surface area (Å²) in [4.78, 5) is 24.0. The van der Waals surface area contributed by atoms with Gasteiger partial charge in [-0.1, -0.05) is 18.6 Å². The molecule has 1 saturated heterocycles. The van der Waals surface area contributed by atoms with Gasteiger partial charge in [0.15, 0.2) is 5.76 Å². The molecule has 0 radical (unpaired) electrons. The lowest BCUT2D eigenvalue weighted by molar-refractivity contribution is -0.121. The number of nitrogens with zero attached hydrogens (tertiary/aromatic N) is 1. The van der Waals surface area contributed by atoms with E-state index in [2.05, 4.69) is 10.6 Å². The number of piperidine rings is 1. The predicted molar refractivity (Wildman–Crippen MR) is 111 cm³/mol. The third-order valence-corrected chi connectivity index (χ3v) is 6.89. The molecule has 8 nitrogen and oxygen atoms in total. The summed E-state index contributed by atoms with van der Waals surface area (Å²) < 4.78 is 31.8. The molecule has 1 aliphatic rings. The van der Waals surface area contributed by atoms with Gasteiger partial charge in [-0.3, -0.25) is 9.59 Å².